The van der Waals surface area contributed by atoms with Crippen molar-refractivity contribution >= 4 is 11.6 Å². The van der Waals surface area contributed by atoms with Crippen molar-refractivity contribution in [3.63, 3.8) is 0 Å². The maximum absolute atomic E-state index is 13.0. The Morgan fingerprint density at radius 3 is 2.94 bits per heavy atom. The van der Waals surface area contributed by atoms with Gasteiger partial charge in [-0.15, -0.1) is 0 Å². The summed E-state index contributed by atoms with van der Waals surface area (Å²) >= 11 is 0. The fraction of sp³-hybridized carbons (Fsp3) is 0.304. The normalized spacial score (nSPS) is 15.5. The number of allylic oxidation sites excluding steroid dienone is 3. The minimum absolute atomic E-state index is 0.231. The van der Waals surface area contributed by atoms with Gasteiger partial charge in [0.2, 0.25) is 5.95 Å². The lowest BCUT2D eigenvalue weighted by molar-refractivity contribution is 0.122. The summed E-state index contributed by atoms with van der Waals surface area (Å²) < 4.78 is 20.0. The van der Waals surface area contributed by atoms with E-state index in [0.29, 0.717) is 31.4 Å². The van der Waals surface area contributed by atoms with Crippen molar-refractivity contribution in [2.45, 2.75) is 39.6 Å². The zero-order valence-electron chi connectivity index (χ0n) is 17.8. The van der Waals surface area contributed by atoms with Crippen molar-refractivity contribution in [3.8, 4) is 0 Å². The summed E-state index contributed by atoms with van der Waals surface area (Å²) in [4.78, 5) is 17.1. The Kier molecular flexibility index (Phi) is 7.61. The minimum atomic E-state index is -0.543. The summed E-state index contributed by atoms with van der Waals surface area (Å²) in [5.41, 5.74) is 6.15. The van der Waals surface area contributed by atoms with E-state index in [9.17, 15) is 9.18 Å². The second-order valence-electron chi connectivity index (χ2n) is 7.08. The van der Waals surface area contributed by atoms with Gasteiger partial charge in [0.25, 0.3) is 5.56 Å². The number of fused-ring (bicyclic) bond motifs is 1. The lowest BCUT2D eigenvalue weighted by atomic mass is 10.2. The average molecular weight is 426 g/mol. The molecule has 8 heteroatoms. The molecule has 2 heterocycles. The smallest absolute Gasteiger partial charge is 0.273 e. The van der Waals surface area contributed by atoms with Gasteiger partial charge in [0, 0.05) is 23.9 Å². The highest BCUT2D eigenvalue weighted by Crippen LogP contribution is 2.19. The maximum atomic E-state index is 13.0. The molecule has 0 bridgehead atoms. The molecule has 0 radical (unpaired) electrons. The first-order valence-electron chi connectivity index (χ1n) is 10.3. The number of hydrogen-bond donors (Lipinski definition) is 3. The fourth-order valence-electron chi connectivity index (χ4n) is 3.17. The molecule has 0 spiro atoms. The summed E-state index contributed by atoms with van der Waals surface area (Å²) in [6.07, 6.45) is 5.26. The molecule has 0 fully saturated rings. The standard InChI is InChI=1S/C23H28FN5O2/c1-4-12-31-15-18-8-6-7-9-20(18)25-14-19-13-21(30)29-23(26-19)27-22(28-29)17(5-2)11-10-16(3)24/h5-11,13,22,25,28H,3-4,12,14-15H2,1-2H3,(H,26,27)/b11-10-,17-5+. The highest BCUT2D eigenvalue weighted by molar-refractivity contribution is 5.51. The van der Waals surface area contributed by atoms with Crippen LogP contribution in [0.2, 0.25) is 0 Å². The Hall–Kier alpha value is -3.39. The minimum Gasteiger partial charge on any atom is -0.379 e. The fourth-order valence-corrected chi connectivity index (χ4v) is 3.17. The Morgan fingerprint density at radius 2 is 2.19 bits per heavy atom. The van der Waals surface area contributed by atoms with Crippen LogP contribution in [0, 0.1) is 0 Å². The number of para-hydroxylation sites is 1. The first kappa shape index (κ1) is 22.3. The molecule has 1 atom stereocenters. The number of halogens is 1. The van der Waals surface area contributed by atoms with Crippen LogP contribution < -0.4 is 21.6 Å². The van der Waals surface area contributed by atoms with Gasteiger partial charge in [-0.2, -0.15) is 4.68 Å². The maximum Gasteiger partial charge on any atom is 0.273 e. The third-order valence-electron chi connectivity index (χ3n) is 4.71. The van der Waals surface area contributed by atoms with Gasteiger partial charge in [-0.1, -0.05) is 43.9 Å². The third kappa shape index (κ3) is 5.82. The van der Waals surface area contributed by atoms with Crippen LogP contribution in [0.5, 0.6) is 0 Å². The number of nitrogens with zero attached hydrogens (tertiary/aromatic N) is 2. The van der Waals surface area contributed by atoms with Gasteiger partial charge in [0.15, 0.2) is 0 Å². The summed E-state index contributed by atoms with van der Waals surface area (Å²) in [5.74, 6) is -0.139. The predicted molar refractivity (Wildman–Crippen MR) is 122 cm³/mol. The predicted octanol–water partition coefficient (Wildman–Crippen LogP) is 4.06. The molecule has 1 unspecified atom stereocenters. The van der Waals surface area contributed by atoms with Crippen LogP contribution in [-0.2, 0) is 17.9 Å². The topological polar surface area (TPSA) is 80.2 Å². The number of nitrogens with one attached hydrogen (secondary N) is 3. The van der Waals surface area contributed by atoms with Crippen molar-refractivity contribution in [1.82, 2.24) is 9.66 Å². The molecule has 31 heavy (non-hydrogen) atoms. The molecule has 1 aromatic heterocycles. The van der Waals surface area contributed by atoms with E-state index < -0.39 is 12.0 Å². The molecular weight excluding hydrogens is 397 g/mol. The zero-order valence-corrected chi connectivity index (χ0v) is 17.8. The number of aromatic nitrogens is 2. The van der Waals surface area contributed by atoms with Gasteiger partial charge >= 0.3 is 0 Å². The summed E-state index contributed by atoms with van der Waals surface area (Å²) in [6, 6.07) is 9.39. The van der Waals surface area contributed by atoms with Crippen LogP contribution in [0.1, 0.15) is 31.5 Å². The van der Waals surface area contributed by atoms with Crippen LogP contribution in [0.15, 0.2) is 71.3 Å². The molecule has 7 nitrogen and oxygen atoms in total. The Bertz CT molecular complexity index is 1040. The number of rotatable bonds is 10. The molecule has 3 rings (SSSR count). The second-order valence-corrected chi connectivity index (χ2v) is 7.08. The van der Waals surface area contributed by atoms with E-state index in [1.807, 2.05) is 37.3 Å². The largest absolute Gasteiger partial charge is 0.379 e. The van der Waals surface area contributed by atoms with E-state index in [1.165, 1.54) is 16.8 Å². The van der Waals surface area contributed by atoms with E-state index >= 15 is 0 Å². The van der Waals surface area contributed by atoms with E-state index in [0.717, 1.165) is 23.2 Å². The highest BCUT2D eigenvalue weighted by atomic mass is 19.1. The summed E-state index contributed by atoms with van der Waals surface area (Å²) in [5, 5.41) is 6.50. The molecule has 0 saturated heterocycles. The van der Waals surface area contributed by atoms with Gasteiger partial charge in [-0.05, 0) is 31.1 Å². The molecule has 0 amide bonds. The quantitative estimate of drug-likeness (QED) is 0.393. The monoisotopic (exact) mass is 425 g/mol. The van der Waals surface area contributed by atoms with E-state index in [2.05, 4.69) is 34.5 Å². The summed E-state index contributed by atoms with van der Waals surface area (Å²) in [7, 11) is 0. The molecule has 2 aromatic rings. The van der Waals surface area contributed by atoms with E-state index in [4.69, 9.17) is 4.74 Å². The SMILES string of the molecule is C=C(F)/C=C\C(=C/C)C1Nc2nc(CNc3ccccc3COCCC)cc(=O)n2N1. The zero-order chi connectivity index (χ0) is 22.2. The van der Waals surface area contributed by atoms with Crippen LogP contribution >= 0.6 is 0 Å². The van der Waals surface area contributed by atoms with Crippen LogP contribution in [0.3, 0.4) is 0 Å². The molecule has 0 aliphatic carbocycles. The van der Waals surface area contributed by atoms with Crippen LogP contribution in [0.25, 0.3) is 0 Å². The van der Waals surface area contributed by atoms with Gasteiger partial charge in [0.1, 0.15) is 12.0 Å². The average Bonchev–Trinajstić information content (AvgIpc) is 3.18. The Morgan fingerprint density at radius 1 is 1.39 bits per heavy atom. The van der Waals surface area contributed by atoms with Crippen LogP contribution in [0.4, 0.5) is 16.0 Å². The number of hydrogen-bond acceptors (Lipinski definition) is 6. The van der Waals surface area contributed by atoms with Gasteiger partial charge < -0.3 is 15.4 Å². The highest BCUT2D eigenvalue weighted by Gasteiger charge is 2.24. The van der Waals surface area contributed by atoms with Crippen molar-refractivity contribution in [2.24, 2.45) is 0 Å². The lowest BCUT2D eigenvalue weighted by Crippen LogP contribution is -2.31. The van der Waals surface area contributed by atoms with Crippen molar-refractivity contribution in [3.05, 3.63) is 88.1 Å². The Labute approximate surface area is 181 Å². The third-order valence-corrected chi connectivity index (χ3v) is 4.71. The molecule has 1 aliphatic heterocycles. The number of benzene rings is 1. The van der Waals surface area contributed by atoms with Gasteiger partial charge in [-0.3, -0.25) is 10.2 Å². The van der Waals surface area contributed by atoms with E-state index in [-0.39, 0.29) is 5.56 Å². The molecule has 0 saturated carbocycles. The second kappa shape index (κ2) is 10.6. The molecular formula is C23H28FN5O2. The first-order valence-corrected chi connectivity index (χ1v) is 10.3. The molecule has 3 N–H and O–H groups in total. The molecule has 1 aliphatic rings. The molecule has 1 aromatic carbocycles. The number of anilines is 2. The molecule has 164 valence electrons. The van der Waals surface area contributed by atoms with Gasteiger partial charge in [-0.25, -0.2) is 9.37 Å². The lowest BCUT2D eigenvalue weighted by Gasteiger charge is -2.12. The van der Waals surface area contributed by atoms with Gasteiger partial charge in [0.05, 0.1) is 18.8 Å². The number of ether oxygens (including phenoxy) is 1. The van der Waals surface area contributed by atoms with Crippen molar-refractivity contribution < 1.29 is 9.13 Å². The van der Waals surface area contributed by atoms with Crippen LogP contribution in [-0.4, -0.2) is 22.4 Å². The van der Waals surface area contributed by atoms with Crippen molar-refractivity contribution in [1.29, 1.82) is 0 Å². The first-order chi connectivity index (χ1) is 15.0. The Balaban J connectivity index is 1.70. The van der Waals surface area contributed by atoms with E-state index in [1.54, 1.807) is 6.08 Å². The van der Waals surface area contributed by atoms with Crippen molar-refractivity contribution in [2.75, 3.05) is 22.7 Å². The summed E-state index contributed by atoms with van der Waals surface area (Å²) in [6.45, 7) is 8.75.